The van der Waals surface area contributed by atoms with Crippen molar-refractivity contribution >= 4 is 23.2 Å². The number of rotatable bonds is 1. The lowest BCUT2D eigenvalue weighted by atomic mass is 10.1. The van der Waals surface area contributed by atoms with Crippen molar-refractivity contribution in [3.63, 3.8) is 0 Å². The van der Waals surface area contributed by atoms with Gasteiger partial charge in [0.05, 0.1) is 13.2 Å². The van der Waals surface area contributed by atoms with Crippen molar-refractivity contribution < 1.29 is 9.47 Å². The predicted molar refractivity (Wildman–Crippen MR) is 73.1 cm³/mol. The molecular weight excluding hydrogens is 287 g/mol. The standard InChI is InChI=1S/C13H10Cl2N2O2/c14-12-7-9(13(15)17-16-12)8-2-3-10-11(6-8)19-5-1-4-18-10/h2-3,6-7H,1,4-5H2. The maximum Gasteiger partial charge on any atom is 0.161 e. The molecule has 6 heteroatoms. The van der Waals surface area contributed by atoms with E-state index in [4.69, 9.17) is 32.7 Å². The van der Waals surface area contributed by atoms with Gasteiger partial charge in [0.1, 0.15) is 0 Å². The molecule has 0 amide bonds. The van der Waals surface area contributed by atoms with E-state index in [0.717, 1.165) is 23.3 Å². The first-order valence-corrected chi connectivity index (χ1v) is 6.58. The predicted octanol–water partition coefficient (Wildman–Crippen LogP) is 3.61. The van der Waals surface area contributed by atoms with E-state index in [1.165, 1.54) is 0 Å². The van der Waals surface area contributed by atoms with Crippen LogP contribution in [0, 0.1) is 0 Å². The second-order valence-electron chi connectivity index (χ2n) is 4.08. The van der Waals surface area contributed by atoms with E-state index < -0.39 is 0 Å². The van der Waals surface area contributed by atoms with Crippen LogP contribution in [0.15, 0.2) is 24.3 Å². The Morgan fingerprint density at radius 3 is 2.58 bits per heavy atom. The van der Waals surface area contributed by atoms with Crippen LogP contribution in [0.4, 0.5) is 0 Å². The summed E-state index contributed by atoms with van der Waals surface area (Å²) in [4.78, 5) is 0. The molecule has 0 N–H and O–H groups in total. The van der Waals surface area contributed by atoms with Gasteiger partial charge in [-0.3, -0.25) is 0 Å². The van der Waals surface area contributed by atoms with Gasteiger partial charge >= 0.3 is 0 Å². The number of fused-ring (bicyclic) bond motifs is 1. The molecule has 4 nitrogen and oxygen atoms in total. The summed E-state index contributed by atoms with van der Waals surface area (Å²) in [6.07, 6.45) is 0.868. The normalized spacial score (nSPS) is 14.0. The summed E-state index contributed by atoms with van der Waals surface area (Å²) < 4.78 is 11.2. The number of hydrogen-bond acceptors (Lipinski definition) is 4. The van der Waals surface area contributed by atoms with Crippen LogP contribution in [0.5, 0.6) is 11.5 Å². The second-order valence-corrected chi connectivity index (χ2v) is 4.83. The van der Waals surface area contributed by atoms with Crippen LogP contribution < -0.4 is 9.47 Å². The lowest BCUT2D eigenvalue weighted by Crippen LogP contribution is -1.97. The van der Waals surface area contributed by atoms with Crippen molar-refractivity contribution in [2.24, 2.45) is 0 Å². The van der Waals surface area contributed by atoms with Gasteiger partial charge in [-0.15, -0.1) is 10.2 Å². The summed E-state index contributed by atoms with van der Waals surface area (Å²) in [5.41, 5.74) is 1.59. The van der Waals surface area contributed by atoms with Crippen molar-refractivity contribution in [2.45, 2.75) is 6.42 Å². The fraction of sp³-hybridized carbons (Fsp3) is 0.231. The van der Waals surface area contributed by atoms with Gasteiger partial charge in [0.2, 0.25) is 0 Å². The topological polar surface area (TPSA) is 44.2 Å². The molecule has 2 heterocycles. The zero-order valence-corrected chi connectivity index (χ0v) is 11.4. The molecule has 0 bridgehead atoms. The van der Waals surface area contributed by atoms with Crippen LogP contribution in [0.25, 0.3) is 11.1 Å². The van der Waals surface area contributed by atoms with Crippen molar-refractivity contribution in [1.82, 2.24) is 10.2 Å². The summed E-state index contributed by atoms with van der Waals surface area (Å²) in [7, 11) is 0. The van der Waals surface area contributed by atoms with Gasteiger partial charge in [0, 0.05) is 12.0 Å². The second kappa shape index (κ2) is 5.23. The molecule has 19 heavy (non-hydrogen) atoms. The van der Waals surface area contributed by atoms with Crippen LogP contribution in [0.2, 0.25) is 10.3 Å². The number of aromatic nitrogens is 2. The molecule has 0 unspecified atom stereocenters. The highest BCUT2D eigenvalue weighted by Crippen LogP contribution is 2.36. The Morgan fingerprint density at radius 2 is 1.74 bits per heavy atom. The molecule has 1 aliphatic heterocycles. The molecule has 1 aliphatic rings. The number of halogens is 2. The molecular formula is C13H10Cl2N2O2. The fourth-order valence-corrected chi connectivity index (χ4v) is 2.23. The lowest BCUT2D eigenvalue weighted by molar-refractivity contribution is 0.297. The number of ether oxygens (including phenoxy) is 2. The highest BCUT2D eigenvalue weighted by molar-refractivity contribution is 6.33. The molecule has 1 aromatic carbocycles. The summed E-state index contributed by atoms with van der Waals surface area (Å²) >= 11 is 11.9. The Kier molecular flexibility index (Phi) is 3.44. The maximum atomic E-state index is 6.04. The van der Waals surface area contributed by atoms with Gasteiger partial charge in [-0.05, 0) is 23.8 Å². The van der Waals surface area contributed by atoms with Crippen molar-refractivity contribution in [1.29, 1.82) is 0 Å². The van der Waals surface area contributed by atoms with Gasteiger partial charge in [-0.25, -0.2) is 0 Å². The van der Waals surface area contributed by atoms with Crippen LogP contribution in [0.1, 0.15) is 6.42 Å². The molecule has 1 aromatic heterocycles. The van der Waals surface area contributed by atoms with E-state index in [0.29, 0.717) is 29.3 Å². The largest absolute Gasteiger partial charge is 0.490 e. The van der Waals surface area contributed by atoms with Crippen LogP contribution >= 0.6 is 23.2 Å². The Bertz CT molecular complexity index is 620. The van der Waals surface area contributed by atoms with Gasteiger partial charge in [-0.2, -0.15) is 0 Å². The maximum absolute atomic E-state index is 6.04. The first-order chi connectivity index (χ1) is 9.24. The van der Waals surface area contributed by atoms with E-state index in [9.17, 15) is 0 Å². The fourth-order valence-electron chi connectivity index (χ4n) is 1.89. The molecule has 0 spiro atoms. The molecule has 0 saturated heterocycles. The molecule has 0 radical (unpaired) electrons. The van der Waals surface area contributed by atoms with E-state index in [2.05, 4.69) is 10.2 Å². The first-order valence-electron chi connectivity index (χ1n) is 5.83. The molecule has 0 saturated carbocycles. The van der Waals surface area contributed by atoms with Gasteiger partial charge in [0.25, 0.3) is 0 Å². The van der Waals surface area contributed by atoms with E-state index in [1.807, 2.05) is 18.2 Å². The monoisotopic (exact) mass is 296 g/mol. The van der Waals surface area contributed by atoms with Gasteiger partial charge < -0.3 is 9.47 Å². The smallest absolute Gasteiger partial charge is 0.161 e. The van der Waals surface area contributed by atoms with E-state index in [-0.39, 0.29) is 0 Å². The average molecular weight is 297 g/mol. The van der Waals surface area contributed by atoms with Crippen molar-refractivity contribution in [2.75, 3.05) is 13.2 Å². The Balaban J connectivity index is 2.06. The van der Waals surface area contributed by atoms with Gasteiger partial charge in [0.15, 0.2) is 21.8 Å². The summed E-state index contributed by atoms with van der Waals surface area (Å²) in [5, 5.41) is 8.09. The molecule has 3 rings (SSSR count). The minimum absolute atomic E-state index is 0.298. The summed E-state index contributed by atoms with van der Waals surface area (Å²) in [5.74, 6) is 1.45. The summed E-state index contributed by atoms with van der Waals surface area (Å²) in [6.45, 7) is 1.30. The minimum atomic E-state index is 0.298. The molecule has 0 atom stereocenters. The molecule has 2 aromatic rings. The number of nitrogens with zero attached hydrogens (tertiary/aromatic N) is 2. The van der Waals surface area contributed by atoms with E-state index >= 15 is 0 Å². The van der Waals surface area contributed by atoms with E-state index in [1.54, 1.807) is 6.07 Å². The SMILES string of the molecule is Clc1cc(-c2ccc3c(c2)OCCCO3)c(Cl)nn1. The molecule has 0 fully saturated rings. The highest BCUT2D eigenvalue weighted by atomic mass is 35.5. The Labute approximate surface area is 120 Å². The van der Waals surface area contributed by atoms with Gasteiger partial charge in [-0.1, -0.05) is 29.3 Å². The van der Waals surface area contributed by atoms with Crippen molar-refractivity contribution in [3.05, 3.63) is 34.6 Å². The lowest BCUT2D eigenvalue weighted by Gasteiger charge is -2.10. The van der Waals surface area contributed by atoms with Crippen LogP contribution in [0.3, 0.4) is 0 Å². The third kappa shape index (κ3) is 2.60. The quantitative estimate of drug-likeness (QED) is 0.806. The zero-order chi connectivity index (χ0) is 13.2. The first kappa shape index (κ1) is 12.5. The molecule has 0 aliphatic carbocycles. The number of benzene rings is 1. The molecule has 98 valence electrons. The highest BCUT2D eigenvalue weighted by Gasteiger charge is 2.13. The van der Waals surface area contributed by atoms with Crippen LogP contribution in [-0.4, -0.2) is 23.4 Å². The Morgan fingerprint density at radius 1 is 0.947 bits per heavy atom. The third-order valence-corrected chi connectivity index (χ3v) is 3.24. The Hall–Kier alpha value is -1.52. The third-order valence-electron chi connectivity index (χ3n) is 2.78. The van der Waals surface area contributed by atoms with Crippen LogP contribution in [-0.2, 0) is 0 Å². The zero-order valence-electron chi connectivity index (χ0n) is 9.90. The average Bonchev–Trinajstić information content (AvgIpc) is 2.66. The summed E-state index contributed by atoms with van der Waals surface area (Å²) in [6, 6.07) is 7.31. The number of hydrogen-bond donors (Lipinski definition) is 0. The van der Waals surface area contributed by atoms with Crippen molar-refractivity contribution in [3.8, 4) is 22.6 Å². The minimum Gasteiger partial charge on any atom is -0.490 e.